The SMILES string of the molecule is Cc1ccc(N2C(=O)c3ccccc3C2OC(O)N2CC[N-]CC2)nc1.[CH3-].[Cm]. The summed E-state index contributed by atoms with van der Waals surface area (Å²) in [5.74, 6) is 0.324. The fourth-order valence-corrected chi connectivity index (χ4v) is 3.29. The number of piperazine rings is 1. The first-order valence-electron chi connectivity index (χ1n) is 8.71. The van der Waals surface area contributed by atoms with Crippen LogP contribution in [-0.4, -0.2) is 53.5 Å². The van der Waals surface area contributed by atoms with Gasteiger partial charge in [-0.2, -0.15) is 0 Å². The minimum Gasteiger partial charge on any atom is -0.660 e. The largest absolute Gasteiger partial charge is 0.660 e. The first kappa shape index (κ1) is 21.0. The van der Waals surface area contributed by atoms with Gasteiger partial charge in [0.2, 0.25) is 6.41 Å². The molecule has 0 spiro atoms. The van der Waals surface area contributed by atoms with Crippen molar-refractivity contribution >= 4 is 11.7 Å². The van der Waals surface area contributed by atoms with Gasteiger partial charge in [-0.05, 0) is 37.7 Å². The van der Waals surface area contributed by atoms with Crippen molar-refractivity contribution in [3.05, 3.63) is 72.0 Å². The van der Waals surface area contributed by atoms with E-state index in [0.29, 0.717) is 37.6 Å². The van der Waals surface area contributed by atoms with Crippen LogP contribution in [0, 0.1) is 14.4 Å². The number of nitrogens with zero attached hydrogens (tertiary/aromatic N) is 4. The molecule has 3 heterocycles. The monoisotopic (exact) mass is 611 g/mol. The van der Waals surface area contributed by atoms with Gasteiger partial charge in [0.1, 0.15) is 5.82 Å². The van der Waals surface area contributed by atoms with Crippen LogP contribution in [-0.2, 0) is 4.74 Å². The average Bonchev–Trinajstić information content (AvgIpc) is 2.95. The van der Waals surface area contributed by atoms with E-state index in [1.54, 1.807) is 18.3 Å². The molecule has 152 valence electrons. The summed E-state index contributed by atoms with van der Waals surface area (Å²) >= 11 is 0. The molecule has 0 radical (unpaired) electrons. The number of hydrogen-bond donors (Lipinski definition) is 1. The number of carbonyl (C=O) groups excluding carboxylic acids is 1. The predicted molar refractivity (Wildman–Crippen MR) is 103 cm³/mol. The molecule has 28 heavy (non-hydrogen) atoms. The van der Waals surface area contributed by atoms with E-state index in [1.165, 1.54) is 4.90 Å². The summed E-state index contributed by atoms with van der Waals surface area (Å²) in [6.07, 6.45) is -0.115. The Balaban J connectivity index is 0.00000140. The van der Waals surface area contributed by atoms with E-state index in [4.69, 9.17) is 4.74 Å². The minimum atomic E-state index is -1.11. The molecule has 1 aromatic heterocycles. The number of fused-ring (bicyclic) bond motifs is 1. The number of rotatable bonds is 4. The van der Waals surface area contributed by atoms with E-state index in [-0.39, 0.29) is 13.3 Å². The molecule has 1 fully saturated rings. The Bertz CT molecular complexity index is 796. The fourth-order valence-electron chi connectivity index (χ4n) is 3.29. The first-order valence-corrected chi connectivity index (χ1v) is 8.71. The van der Waals surface area contributed by atoms with Crippen LogP contribution in [0.1, 0.15) is 27.7 Å². The zero-order valence-corrected chi connectivity index (χ0v) is 18.9. The zero-order chi connectivity index (χ0) is 18.1. The van der Waals surface area contributed by atoms with Crippen molar-refractivity contribution < 1.29 is 14.6 Å². The third kappa shape index (κ3) is 3.70. The number of anilines is 1. The quantitative estimate of drug-likeness (QED) is 0.423. The Labute approximate surface area is 159 Å². The third-order valence-corrected chi connectivity index (χ3v) is 4.71. The molecule has 1 amide bonds. The van der Waals surface area contributed by atoms with Crippen LogP contribution in [0.15, 0.2) is 42.6 Å². The maximum Gasteiger partial charge on any atom is 0.262 e. The van der Waals surface area contributed by atoms with Gasteiger partial charge in [-0.1, -0.05) is 24.3 Å². The maximum absolute atomic E-state index is 12.9. The summed E-state index contributed by atoms with van der Waals surface area (Å²) in [5, 5.41) is 14.8. The summed E-state index contributed by atoms with van der Waals surface area (Å²) < 4.78 is 5.95. The van der Waals surface area contributed by atoms with Gasteiger partial charge in [0.15, 0.2) is 6.23 Å². The number of pyridine rings is 1. The van der Waals surface area contributed by atoms with Crippen LogP contribution < -0.4 is 4.90 Å². The van der Waals surface area contributed by atoms with Gasteiger partial charge in [-0.3, -0.25) is 14.6 Å². The van der Waals surface area contributed by atoms with Crippen molar-refractivity contribution in [3.8, 4) is 0 Å². The number of benzene rings is 1. The topological polar surface area (TPSA) is 80.0 Å². The number of hydrogen-bond acceptors (Lipinski definition) is 5. The second kappa shape index (κ2) is 8.58. The molecule has 2 atom stereocenters. The molecule has 7 nitrogen and oxygen atoms in total. The second-order valence-electron chi connectivity index (χ2n) is 6.48. The van der Waals surface area contributed by atoms with Crippen molar-refractivity contribution in [2.75, 3.05) is 31.1 Å². The third-order valence-electron chi connectivity index (χ3n) is 4.71. The van der Waals surface area contributed by atoms with Crippen molar-refractivity contribution in [1.82, 2.24) is 9.88 Å². The number of aliphatic hydroxyl groups excluding tert-OH is 1. The number of carbonyl (C=O) groups is 1. The normalized spacial score (nSPS) is 20.1. The van der Waals surface area contributed by atoms with Gasteiger partial charge in [0, 0.05) is 17.3 Å². The Morgan fingerprint density at radius 2 is 1.93 bits per heavy atom. The smallest absolute Gasteiger partial charge is 0.262 e. The molecular weight excluding hydrogens is 591 g/mol. The van der Waals surface area contributed by atoms with Gasteiger partial charge in [0.25, 0.3) is 5.91 Å². The Morgan fingerprint density at radius 1 is 1.21 bits per heavy atom. The fraction of sp³-hybridized carbons (Fsp3) is 0.350. The summed E-state index contributed by atoms with van der Waals surface area (Å²) in [4.78, 5) is 20.6. The number of aromatic nitrogens is 1. The minimum absolute atomic E-state index is 0. The number of ether oxygens (including phenoxy) is 1. The molecular formula is C20H24CmN4O3-2. The van der Waals surface area contributed by atoms with Crippen molar-refractivity contribution in [2.24, 2.45) is 0 Å². The Morgan fingerprint density at radius 3 is 2.61 bits per heavy atom. The summed E-state index contributed by atoms with van der Waals surface area (Å²) in [6.45, 7) is 4.54. The Kier molecular flexibility index (Phi) is 6.43. The molecule has 2 unspecified atom stereocenters. The van der Waals surface area contributed by atoms with E-state index in [1.807, 2.05) is 36.1 Å². The van der Waals surface area contributed by atoms with Crippen LogP contribution >= 0.6 is 0 Å². The molecule has 1 aromatic carbocycles. The van der Waals surface area contributed by atoms with E-state index >= 15 is 0 Å². The molecule has 0 aliphatic carbocycles. The van der Waals surface area contributed by atoms with Crippen molar-refractivity contribution in [3.63, 3.8) is 0 Å². The number of aliphatic hydroxyl groups is 1. The molecule has 1 N–H and O–H groups in total. The number of amides is 1. The van der Waals surface area contributed by atoms with Gasteiger partial charge in [-0.15, -0.1) is 13.1 Å². The molecule has 0 bridgehead atoms. The van der Waals surface area contributed by atoms with Gasteiger partial charge < -0.3 is 22.6 Å². The standard InChI is InChI=1S/C19H21N4O3.CH3.Cm/c1-13-6-7-16(21-12-13)23-17(24)14-4-2-3-5-15(14)18(23)26-19(25)22-10-8-20-9-11-22;;/h2-7,12,18-19,25H,8-11H2,1H3;1H3;/q2*-1;. The van der Waals surface area contributed by atoms with Crippen LogP contribution in [0.25, 0.3) is 5.32 Å². The van der Waals surface area contributed by atoms with Crippen LogP contribution in [0.3, 0.4) is 0 Å². The van der Waals surface area contributed by atoms with Crippen LogP contribution in [0.4, 0.5) is 5.82 Å². The van der Waals surface area contributed by atoms with Gasteiger partial charge in [0.05, 0.1) is 0 Å². The van der Waals surface area contributed by atoms with E-state index in [2.05, 4.69) is 10.3 Å². The molecule has 2 aromatic rings. The van der Waals surface area contributed by atoms with Crippen molar-refractivity contribution in [2.45, 2.75) is 19.6 Å². The molecule has 2 aliphatic rings. The molecule has 4 rings (SSSR count). The molecule has 8 heteroatoms. The average molecular weight is 615 g/mol. The molecule has 0 saturated carbocycles. The first-order chi connectivity index (χ1) is 12.6. The van der Waals surface area contributed by atoms with Gasteiger partial charge >= 0.3 is 0 Å². The van der Waals surface area contributed by atoms with E-state index in [9.17, 15) is 9.90 Å². The van der Waals surface area contributed by atoms with Crippen molar-refractivity contribution in [1.29, 1.82) is 0 Å². The summed E-state index contributed by atoms with van der Waals surface area (Å²) in [6, 6.07) is 11.0. The second-order valence-corrected chi connectivity index (χ2v) is 6.48. The number of aryl methyl sites for hydroxylation is 1. The maximum atomic E-state index is 12.9. The van der Waals surface area contributed by atoms with Crippen LogP contribution in [0.5, 0.6) is 0 Å². The Hall–Kier alpha value is -3.32. The van der Waals surface area contributed by atoms with Crippen LogP contribution in [0.2, 0.25) is 0 Å². The molecule has 2 aliphatic heterocycles. The van der Waals surface area contributed by atoms with E-state index < -0.39 is 12.6 Å². The summed E-state index contributed by atoms with van der Waals surface area (Å²) in [5.41, 5.74) is 2.31. The summed E-state index contributed by atoms with van der Waals surface area (Å²) in [7, 11) is 0. The predicted octanol–water partition coefficient (Wildman–Crippen LogP) is 2.48. The van der Waals surface area contributed by atoms with Gasteiger partial charge in [-0.25, -0.2) is 4.98 Å². The molecule has 1 saturated heterocycles. The zero-order valence-electron chi connectivity index (χ0n) is 15.9. The van der Waals surface area contributed by atoms with E-state index in [0.717, 1.165) is 11.1 Å².